The van der Waals surface area contributed by atoms with Crippen LogP contribution in [0, 0.1) is 0 Å². The van der Waals surface area contributed by atoms with Gasteiger partial charge in [0.25, 0.3) is 0 Å². The highest BCUT2D eigenvalue weighted by molar-refractivity contribution is 5.82. The van der Waals surface area contributed by atoms with Crippen LogP contribution < -0.4 is 16.4 Å². The Hall–Kier alpha value is -2.69. The molecule has 0 saturated carbocycles. The molecule has 0 saturated heterocycles. The Balaban J connectivity index is 0.000000686. The zero-order chi connectivity index (χ0) is 27.9. The van der Waals surface area contributed by atoms with Gasteiger partial charge in [-0.15, -0.1) is 0 Å². The summed E-state index contributed by atoms with van der Waals surface area (Å²) in [4.78, 5) is 34.3. The molecule has 1 aromatic carbocycles. The van der Waals surface area contributed by atoms with Crippen molar-refractivity contribution in [1.29, 1.82) is 0 Å². The summed E-state index contributed by atoms with van der Waals surface area (Å²) >= 11 is 0. The van der Waals surface area contributed by atoms with Crippen molar-refractivity contribution in [2.75, 3.05) is 13.2 Å². The van der Waals surface area contributed by atoms with Crippen LogP contribution in [0.5, 0.6) is 0 Å². The quantitative estimate of drug-likeness (QED) is 0.335. The van der Waals surface area contributed by atoms with Crippen LogP contribution >= 0.6 is 0 Å². The SMILES string of the molecule is CCOC(C)C(N)C(=O)NC(C)Cc1ccccc1.CCOC(C)C(NC(=O)OC(C)(C)C)C(=O)O. The molecule has 0 spiro atoms. The lowest BCUT2D eigenvalue weighted by molar-refractivity contribution is -0.143. The number of carboxylic acid groups (broad SMARTS) is 1. The van der Waals surface area contributed by atoms with Gasteiger partial charge in [0.05, 0.1) is 12.2 Å². The van der Waals surface area contributed by atoms with Crippen molar-refractivity contribution in [2.24, 2.45) is 5.73 Å². The Morgan fingerprint density at radius 2 is 1.47 bits per heavy atom. The van der Waals surface area contributed by atoms with E-state index in [1.807, 2.05) is 51.1 Å². The number of nitrogens with two attached hydrogens (primary N) is 1. The number of carboxylic acids is 1. The second-order valence-electron chi connectivity index (χ2n) is 9.41. The molecule has 0 aromatic heterocycles. The summed E-state index contributed by atoms with van der Waals surface area (Å²) < 4.78 is 15.5. The largest absolute Gasteiger partial charge is 0.480 e. The summed E-state index contributed by atoms with van der Waals surface area (Å²) in [6, 6.07) is 8.36. The highest BCUT2D eigenvalue weighted by Crippen LogP contribution is 2.08. The summed E-state index contributed by atoms with van der Waals surface area (Å²) in [5, 5.41) is 14.2. The summed E-state index contributed by atoms with van der Waals surface area (Å²) in [5.74, 6) is -1.32. The standard InChI is InChI=1S/C15H24N2O2.C11H21NO5/c1-4-19-12(3)14(16)15(18)17-11(2)10-13-8-6-5-7-9-13;1-6-16-7(2)8(9(13)14)12-10(15)17-11(3,4)5/h5-9,11-12,14H,4,10,16H2,1-3H3,(H,17,18);7-8H,6H2,1-5H3,(H,12,15)(H,13,14). The van der Waals surface area contributed by atoms with Crippen molar-refractivity contribution in [1.82, 2.24) is 10.6 Å². The van der Waals surface area contributed by atoms with Gasteiger partial charge in [0.15, 0.2) is 6.04 Å². The Labute approximate surface area is 215 Å². The van der Waals surface area contributed by atoms with Crippen molar-refractivity contribution in [3.05, 3.63) is 35.9 Å². The van der Waals surface area contributed by atoms with Crippen molar-refractivity contribution >= 4 is 18.0 Å². The number of rotatable bonds is 12. The summed E-state index contributed by atoms with van der Waals surface area (Å²) in [6.07, 6.45) is -0.863. The molecule has 0 radical (unpaired) electrons. The van der Waals surface area contributed by atoms with Crippen LogP contribution in [0.4, 0.5) is 4.79 Å². The molecule has 5 atom stereocenters. The molecule has 0 heterocycles. The van der Waals surface area contributed by atoms with Crippen LogP contribution in [0.2, 0.25) is 0 Å². The molecule has 0 aliphatic rings. The Bertz CT molecular complexity index is 783. The first-order valence-corrected chi connectivity index (χ1v) is 12.3. The lowest BCUT2D eigenvalue weighted by atomic mass is 10.1. The van der Waals surface area contributed by atoms with E-state index in [-0.39, 0.29) is 18.1 Å². The molecule has 206 valence electrons. The Morgan fingerprint density at radius 1 is 0.944 bits per heavy atom. The van der Waals surface area contributed by atoms with E-state index in [9.17, 15) is 14.4 Å². The smallest absolute Gasteiger partial charge is 0.408 e. The first-order valence-electron chi connectivity index (χ1n) is 12.3. The second kappa shape index (κ2) is 16.9. The molecule has 1 rings (SSSR count). The number of aliphatic carboxylic acids is 1. The van der Waals surface area contributed by atoms with Gasteiger partial charge in [0, 0.05) is 19.3 Å². The minimum Gasteiger partial charge on any atom is -0.480 e. The number of nitrogens with one attached hydrogen (secondary N) is 2. The summed E-state index contributed by atoms with van der Waals surface area (Å²) in [7, 11) is 0. The fraction of sp³-hybridized carbons (Fsp3) is 0.654. The van der Waals surface area contributed by atoms with Crippen LogP contribution in [0.3, 0.4) is 0 Å². The van der Waals surface area contributed by atoms with Gasteiger partial charge in [0.2, 0.25) is 5.91 Å². The number of alkyl carbamates (subject to hydrolysis) is 1. The molecule has 2 amide bonds. The molecule has 36 heavy (non-hydrogen) atoms. The number of hydrogen-bond acceptors (Lipinski definition) is 7. The topological polar surface area (TPSA) is 149 Å². The first kappa shape index (κ1) is 33.3. The van der Waals surface area contributed by atoms with Gasteiger partial charge < -0.3 is 35.7 Å². The molecule has 0 aliphatic heterocycles. The lowest BCUT2D eigenvalue weighted by Gasteiger charge is -2.24. The molecular formula is C26H45N3O7. The van der Waals surface area contributed by atoms with Crippen LogP contribution in [-0.2, 0) is 30.2 Å². The molecule has 5 unspecified atom stereocenters. The fourth-order valence-corrected chi connectivity index (χ4v) is 3.11. The average molecular weight is 512 g/mol. The van der Waals surface area contributed by atoms with Crippen LogP contribution in [0.1, 0.15) is 61.0 Å². The zero-order valence-corrected chi connectivity index (χ0v) is 22.9. The molecule has 0 fully saturated rings. The minimum atomic E-state index is -1.16. The van der Waals surface area contributed by atoms with E-state index in [4.69, 9.17) is 25.1 Å². The number of carbonyl (C=O) groups excluding carboxylic acids is 2. The van der Waals surface area contributed by atoms with E-state index in [1.165, 1.54) is 5.56 Å². The van der Waals surface area contributed by atoms with Crippen LogP contribution in [0.15, 0.2) is 30.3 Å². The maximum atomic E-state index is 11.9. The average Bonchev–Trinajstić information content (AvgIpc) is 2.76. The molecular weight excluding hydrogens is 466 g/mol. The highest BCUT2D eigenvalue weighted by atomic mass is 16.6. The van der Waals surface area contributed by atoms with Crippen molar-refractivity contribution in [3.8, 4) is 0 Å². The van der Waals surface area contributed by atoms with E-state index >= 15 is 0 Å². The van der Waals surface area contributed by atoms with Gasteiger partial charge in [-0.3, -0.25) is 4.79 Å². The maximum Gasteiger partial charge on any atom is 0.408 e. The second-order valence-corrected chi connectivity index (χ2v) is 9.41. The van der Waals surface area contributed by atoms with E-state index in [0.29, 0.717) is 13.2 Å². The predicted octanol–water partition coefficient (Wildman–Crippen LogP) is 2.88. The molecule has 10 nitrogen and oxygen atoms in total. The summed E-state index contributed by atoms with van der Waals surface area (Å²) in [5.41, 5.74) is 6.38. The highest BCUT2D eigenvalue weighted by Gasteiger charge is 2.29. The van der Waals surface area contributed by atoms with Gasteiger partial charge in [-0.1, -0.05) is 30.3 Å². The number of hydrogen-bond donors (Lipinski definition) is 4. The van der Waals surface area contributed by atoms with Crippen molar-refractivity contribution < 1.29 is 33.7 Å². The molecule has 5 N–H and O–H groups in total. The third kappa shape index (κ3) is 14.7. The summed E-state index contributed by atoms with van der Waals surface area (Å²) in [6.45, 7) is 15.1. The Morgan fingerprint density at radius 3 is 1.94 bits per heavy atom. The van der Waals surface area contributed by atoms with E-state index in [1.54, 1.807) is 34.6 Å². The van der Waals surface area contributed by atoms with Crippen molar-refractivity contribution in [3.63, 3.8) is 0 Å². The lowest BCUT2D eigenvalue weighted by Crippen LogP contribution is -2.50. The van der Waals surface area contributed by atoms with Crippen LogP contribution in [0.25, 0.3) is 0 Å². The normalized spacial score (nSPS) is 15.2. The third-order valence-electron chi connectivity index (χ3n) is 4.85. The van der Waals surface area contributed by atoms with E-state index < -0.39 is 35.9 Å². The van der Waals surface area contributed by atoms with Crippen molar-refractivity contribution in [2.45, 2.75) is 97.7 Å². The number of carbonyl (C=O) groups is 3. The Kier molecular flexibility index (Phi) is 15.6. The molecule has 0 aliphatic carbocycles. The van der Waals surface area contributed by atoms with Gasteiger partial charge in [-0.25, -0.2) is 9.59 Å². The predicted molar refractivity (Wildman–Crippen MR) is 139 cm³/mol. The van der Waals surface area contributed by atoms with Gasteiger partial charge in [0.1, 0.15) is 11.6 Å². The monoisotopic (exact) mass is 511 g/mol. The number of benzene rings is 1. The molecule has 0 bridgehead atoms. The fourth-order valence-electron chi connectivity index (χ4n) is 3.11. The number of ether oxygens (including phenoxy) is 3. The van der Waals surface area contributed by atoms with E-state index in [0.717, 1.165) is 6.42 Å². The zero-order valence-electron chi connectivity index (χ0n) is 22.9. The van der Waals surface area contributed by atoms with Gasteiger partial charge in [-0.05, 0) is 67.4 Å². The first-order chi connectivity index (χ1) is 16.7. The van der Waals surface area contributed by atoms with Gasteiger partial charge in [-0.2, -0.15) is 0 Å². The third-order valence-corrected chi connectivity index (χ3v) is 4.85. The van der Waals surface area contributed by atoms with E-state index in [2.05, 4.69) is 10.6 Å². The minimum absolute atomic E-state index is 0.0507. The van der Waals surface area contributed by atoms with Crippen LogP contribution in [-0.4, -0.2) is 72.2 Å². The van der Waals surface area contributed by atoms with Gasteiger partial charge >= 0.3 is 12.1 Å². The maximum absolute atomic E-state index is 11.9. The molecule has 1 aromatic rings. The molecule has 10 heteroatoms. The number of amides is 2.